The van der Waals surface area contributed by atoms with Gasteiger partial charge in [0.15, 0.2) is 0 Å². The number of nitrogens with one attached hydrogen (secondary N) is 2. The quantitative estimate of drug-likeness (QED) is 0.493. The maximum absolute atomic E-state index is 12.2. The normalized spacial score (nSPS) is 12.9. The lowest BCUT2D eigenvalue weighted by Gasteiger charge is -2.15. The molecule has 1 amide bonds. The summed E-state index contributed by atoms with van der Waals surface area (Å²) in [6.45, 7) is 4.13. The van der Waals surface area contributed by atoms with Crippen LogP contribution in [0, 0.1) is 10.1 Å². The molecule has 0 aliphatic heterocycles. The van der Waals surface area contributed by atoms with Crippen LogP contribution in [0.25, 0.3) is 0 Å². The number of nitro groups is 1. The zero-order valence-electron chi connectivity index (χ0n) is 14.8. The highest BCUT2D eigenvalue weighted by Crippen LogP contribution is 2.28. The Morgan fingerprint density at radius 1 is 1.31 bits per heavy atom. The van der Waals surface area contributed by atoms with Crippen molar-refractivity contribution >= 4 is 17.3 Å². The number of carbonyl (C=O) groups is 1. The molecule has 1 aromatic carbocycles. The van der Waals surface area contributed by atoms with Crippen LogP contribution in [0.1, 0.15) is 42.4 Å². The molecule has 2 rings (SSSR count). The Morgan fingerprint density at radius 2 is 2.08 bits per heavy atom. The van der Waals surface area contributed by atoms with Crippen molar-refractivity contribution in [3.05, 3.63) is 64.0 Å². The maximum Gasteiger partial charge on any atom is 0.293 e. The van der Waals surface area contributed by atoms with Crippen LogP contribution in [-0.2, 0) is 0 Å². The van der Waals surface area contributed by atoms with E-state index in [1.807, 2.05) is 26.0 Å². The van der Waals surface area contributed by atoms with Crippen molar-refractivity contribution in [3.8, 4) is 0 Å². The number of hydrogen-bond donors (Lipinski definition) is 3. The van der Waals surface area contributed by atoms with Crippen molar-refractivity contribution in [2.75, 3.05) is 11.9 Å². The molecule has 0 fully saturated rings. The summed E-state index contributed by atoms with van der Waals surface area (Å²) in [5.41, 5.74) is 6.81. The molecule has 26 heavy (non-hydrogen) atoms. The van der Waals surface area contributed by atoms with Crippen molar-refractivity contribution in [1.82, 2.24) is 10.3 Å². The second-order valence-corrected chi connectivity index (χ2v) is 6.13. The van der Waals surface area contributed by atoms with E-state index in [1.165, 1.54) is 12.1 Å². The topological polar surface area (TPSA) is 123 Å². The van der Waals surface area contributed by atoms with Gasteiger partial charge in [0.05, 0.1) is 16.7 Å². The molecule has 2 unspecified atom stereocenters. The molecule has 0 aliphatic rings. The largest absolute Gasteiger partial charge is 0.371 e. The van der Waals surface area contributed by atoms with Gasteiger partial charge in [-0.05, 0) is 44.5 Å². The van der Waals surface area contributed by atoms with E-state index in [0.717, 1.165) is 5.69 Å². The van der Waals surface area contributed by atoms with Gasteiger partial charge in [-0.1, -0.05) is 6.07 Å². The molecule has 138 valence electrons. The molecule has 8 nitrogen and oxygen atoms in total. The fourth-order valence-electron chi connectivity index (χ4n) is 2.40. The fraction of sp³-hybridized carbons (Fsp3) is 0.333. The number of nitrogens with two attached hydrogens (primary N) is 1. The number of carbonyl (C=O) groups excluding carboxylic acids is 1. The first-order valence-electron chi connectivity index (χ1n) is 8.38. The minimum Gasteiger partial charge on any atom is -0.371 e. The number of nitro benzene ring substituents is 1. The average Bonchev–Trinajstić information content (AvgIpc) is 2.62. The lowest BCUT2D eigenvalue weighted by Crippen LogP contribution is -2.29. The summed E-state index contributed by atoms with van der Waals surface area (Å²) >= 11 is 0. The summed E-state index contributed by atoms with van der Waals surface area (Å²) in [6.07, 6.45) is 2.30. The number of hydrogen-bond acceptors (Lipinski definition) is 6. The molecule has 0 spiro atoms. The highest BCUT2D eigenvalue weighted by atomic mass is 16.6. The first kappa shape index (κ1) is 19.3. The van der Waals surface area contributed by atoms with Gasteiger partial charge in [0, 0.05) is 30.4 Å². The Morgan fingerprint density at radius 3 is 2.69 bits per heavy atom. The monoisotopic (exact) mass is 357 g/mol. The van der Waals surface area contributed by atoms with Crippen molar-refractivity contribution < 1.29 is 9.72 Å². The minimum atomic E-state index is -0.508. The summed E-state index contributed by atoms with van der Waals surface area (Å²) in [4.78, 5) is 27.3. The van der Waals surface area contributed by atoms with Gasteiger partial charge < -0.3 is 16.4 Å². The zero-order chi connectivity index (χ0) is 19.1. The van der Waals surface area contributed by atoms with Crippen LogP contribution < -0.4 is 16.4 Å². The Labute approximate surface area is 152 Å². The van der Waals surface area contributed by atoms with Crippen LogP contribution >= 0.6 is 0 Å². The van der Waals surface area contributed by atoms with E-state index in [1.54, 1.807) is 18.3 Å². The first-order chi connectivity index (χ1) is 12.4. The van der Waals surface area contributed by atoms with Crippen molar-refractivity contribution in [1.29, 1.82) is 0 Å². The summed E-state index contributed by atoms with van der Waals surface area (Å²) in [7, 11) is 0. The molecule has 2 atom stereocenters. The van der Waals surface area contributed by atoms with Crippen LogP contribution in [0.2, 0.25) is 0 Å². The number of amides is 1. The number of nitrogens with zero attached hydrogens (tertiary/aromatic N) is 2. The van der Waals surface area contributed by atoms with E-state index in [-0.39, 0.29) is 29.2 Å². The number of anilines is 1. The van der Waals surface area contributed by atoms with Gasteiger partial charge in [0.1, 0.15) is 5.69 Å². The summed E-state index contributed by atoms with van der Waals surface area (Å²) < 4.78 is 0. The SMILES string of the molecule is CC(N)CCNC(=O)c1ccc(NC(C)c2ccccn2)c([N+](=O)[O-])c1. The van der Waals surface area contributed by atoms with E-state index in [4.69, 9.17) is 5.73 Å². The minimum absolute atomic E-state index is 0.0238. The van der Waals surface area contributed by atoms with Crippen LogP contribution in [0.15, 0.2) is 42.6 Å². The fourth-order valence-corrected chi connectivity index (χ4v) is 2.40. The van der Waals surface area contributed by atoms with Crippen molar-refractivity contribution in [2.24, 2.45) is 5.73 Å². The summed E-state index contributed by atoms with van der Waals surface area (Å²) in [5.74, 6) is -0.363. The third-order valence-electron chi connectivity index (χ3n) is 3.85. The van der Waals surface area contributed by atoms with Gasteiger partial charge in [0.25, 0.3) is 11.6 Å². The Bertz CT molecular complexity index is 765. The molecule has 2 aromatic rings. The van der Waals surface area contributed by atoms with E-state index >= 15 is 0 Å². The second-order valence-electron chi connectivity index (χ2n) is 6.13. The molecule has 0 radical (unpaired) electrons. The van der Waals surface area contributed by atoms with Crippen molar-refractivity contribution in [3.63, 3.8) is 0 Å². The second kappa shape index (κ2) is 8.91. The molecule has 0 bridgehead atoms. The van der Waals surface area contributed by atoms with Crippen molar-refractivity contribution in [2.45, 2.75) is 32.4 Å². The van der Waals surface area contributed by atoms with Gasteiger partial charge in [-0.25, -0.2) is 0 Å². The average molecular weight is 357 g/mol. The molecule has 0 saturated carbocycles. The number of pyridine rings is 1. The van der Waals surface area contributed by atoms with Gasteiger partial charge >= 0.3 is 0 Å². The predicted molar refractivity (Wildman–Crippen MR) is 100.0 cm³/mol. The Kier molecular flexibility index (Phi) is 6.62. The lowest BCUT2D eigenvalue weighted by atomic mass is 10.1. The molecule has 4 N–H and O–H groups in total. The molecule has 0 aliphatic carbocycles. The Hall–Kier alpha value is -3.00. The van der Waals surface area contributed by atoms with Crippen LogP contribution in [0.5, 0.6) is 0 Å². The highest BCUT2D eigenvalue weighted by Gasteiger charge is 2.19. The molecular formula is C18H23N5O3. The van der Waals surface area contributed by atoms with Gasteiger partial charge in [-0.15, -0.1) is 0 Å². The lowest BCUT2D eigenvalue weighted by molar-refractivity contribution is -0.384. The van der Waals surface area contributed by atoms with E-state index in [0.29, 0.717) is 18.7 Å². The number of benzene rings is 1. The standard InChI is InChI=1S/C18H23N5O3/c1-12(19)8-10-21-18(24)14-6-7-16(17(11-14)23(25)26)22-13(2)15-5-3-4-9-20-15/h3-7,9,11-13,22H,8,10,19H2,1-2H3,(H,21,24). The molecule has 0 saturated heterocycles. The van der Waals surface area contributed by atoms with E-state index in [2.05, 4.69) is 15.6 Å². The zero-order valence-corrected chi connectivity index (χ0v) is 14.8. The van der Waals surface area contributed by atoms with E-state index < -0.39 is 4.92 Å². The predicted octanol–water partition coefficient (Wildman–Crippen LogP) is 2.63. The summed E-state index contributed by atoms with van der Waals surface area (Å²) in [5, 5.41) is 17.2. The Balaban J connectivity index is 2.15. The van der Waals surface area contributed by atoms with Crippen LogP contribution in [0.4, 0.5) is 11.4 Å². The summed E-state index contributed by atoms with van der Waals surface area (Å²) in [6, 6.07) is 9.62. The molecule has 8 heteroatoms. The smallest absolute Gasteiger partial charge is 0.293 e. The first-order valence-corrected chi connectivity index (χ1v) is 8.38. The van der Waals surface area contributed by atoms with Gasteiger partial charge in [-0.2, -0.15) is 0 Å². The van der Waals surface area contributed by atoms with Gasteiger partial charge in [0.2, 0.25) is 0 Å². The van der Waals surface area contributed by atoms with Gasteiger partial charge in [-0.3, -0.25) is 19.9 Å². The number of rotatable bonds is 8. The maximum atomic E-state index is 12.2. The number of aromatic nitrogens is 1. The molecule has 1 aromatic heterocycles. The van der Waals surface area contributed by atoms with Crippen LogP contribution in [-0.4, -0.2) is 28.4 Å². The van der Waals surface area contributed by atoms with Crippen LogP contribution in [0.3, 0.4) is 0 Å². The molecule has 1 heterocycles. The highest BCUT2D eigenvalue weighted by molar-refractivity contribution is 5.95. The third-order valence-corrected chi connectivity index (χ3v) is 3.85. The third kappa shape index (κ3) is 5.25. The molecular weight excluding hydrogens is 334 g/mol. The van der Waals surface area contributed by atoms with E-state index in [9.17, 15) is 14.9 Å².